The van der Waals surface area contributed by atoms with Crippen LogP contribution in [0, 0.1) is 11.8 Å². The van der Waals surface area contributed by atoms with Crippen molar-refractivity contribution in [2.45, 2.75) is 51.4 Å². The number of nitrogens with one attached hydrogen (secondary N) is 1. The van der Waals surface area contributed by atoms with Crippen molar-refractivity contribution >= 4 is 5.78 Å². The summed E-state index contributed by atoms with van der Waals surface area (Å²) >= 11 is 0. The number of hydrogen-bond donors (Lipinski definition) is 1. The van der Waals surface area contributed by atoms with Gasteiger partial charge in [0.05, 0.1) is 0 Å². The SMILES string of the molecule is O=C(CC1CCNCC1)C1CCCCC1. The Balaban J connectivity index is 1.74. The van der Waals surface area contributed by atoms with E-state index in [-0.39, 0.29) is 0 Å². The minimum Gasteiger partial charge on any atom is -0.317 e. The molecule has 0 aromatic carbocycles. The first-order valence-corrected chi connectivity index (χ1v) is 6.59. The minimum atomic E-state index is 0.425. The number of hydrogen-bond acceptors (Lipinski definition) is 2. The summed E-state index contributed by atoms with van der Waals surface area (Å²) in [5.41, 5.74) is 0. The van der Waals surface area contributed by atoms with Crippen molar-refractivity contribution in [2.24, 2.45) is 11.8 Å². The molecule has 0 amide bonds. The normalized spacial score (nSPS) is 25.3. The van der Waals surface area contributed by atoms with E-state index in [2.05, 4.69) is 5.32 Å². The van der Waals surface area contributed by atoms with Crippen LogP contribution in [0.15, 0.2) is 0 Å². The maximum Gasteiger partial charge on any atom is 0.136 e. The van der Waals surface area contributed by atoms with Gasteiger partial charge in [-0.3, -0.25) is 4.79 Å². The van der Waals surface area contributed by atoms with E-state index >= 15 is 0 Å². The Morgan fingerprint density at radius 2 is 1.67 bits per heavy atom. The highest BCUT2D eigenvalue weighted by molar-refractivity contribution is 5.81. The molecule has 1 aliphatic heterocycles. The molecule has 86 valence electrons. The molecule has 0 atom stereocenters. The van der Waals surface area contributed by atoms with Crippen LogP contribution < -0.4 is 5.32 Å². The van der Waals surface area contributed by atoms with Gasteiger partial charge in [0.25, 0.3) is 0 Å². The molecule has 0 spiro atoms. The average Bonchev–Trinajstić information content (AvgIpc) is 2.31. The topological polar surface area (TPSA) is 29.1 Å². The zero-order chi connectivity index (χ0) is 10.5. The molecule has 1 heterocycles. The van der Waals surface area contributed by atoms with Crippen LogP contribution in [0.5, 0.6) is 0 Å². The summed E-state index contributed by atoms with van der Waals surface area (Å²) in [5.74, 6) is 1.68. The summed E-state index contributed by atoms with van der Waals surface area (Å²) in [5, 5.41) is 3.36. The molecule has 1 N–H and O–H groups in total. The van der Waals surface area contributed by atoms with Crippen LogP contribution in [-0.2, 0) is 4.79 Å². The predicted octanol–water partition coefficient (Wildman–Crippen LogP) is 2.53. The van der Waals surface area contributed by atoms with Gasteiger partial charge in [-0.25, -0.2) is 0 Å². The van der Waals surface area contributed by atoms with Crippen LogP contribution in [0.2, 0.25) is 0 Å². The second-order valence-electron chi connectivity index (χ2n) is 5.20. The maximum absolute atomic E-state index is 12.0. The fourth-order valence-corrected chi connectivity index (χ4v) is 2.96. The van der Waals surface area contributed by atoms with Crippen molar-refractivity contribution in [3.63, 3.8) is 0 Å². The third kappa shape index (κ3) is 3.30. The summed E-state index contributed by atoms with van der Waals surface area (Å²) in [4.78, 5) is 12.0. The van der Waals surface area contributed by atoms with Gasteiger partial charge in [-0.15, -0.1) is 0 Å². The quantitative estimate of drug-likeness (QED) is 0.774. The van der Waals surface area contributed by atoms with Crippen molar-refractivity contribution in [3.8, 4) is 0 Å². The molecule has 2 nitrogen and oxygen atoms in total. The lowest BCUT2D eigenvalue weighted by Gasteiger charge is -2.25. The van der Waals surface area contributed by atoms with Gasteiger partial charge in [-0.05, 0) is 44.7 Å². The molecule has 1 saturated carbocycles. The van der Waals surface area contributed by atoms with Gasteiger partial charge in [0, 0.05) is 12.3 Å². The van der Waals surface area contributed by atoms with E-state index in [4.69, 9.17) is 0 Å². The highest BCUT2D eigenvalue weighted by atomic mass is 16.1. The van der Waals surface area contributed by atoms with Gasteiger partial charge < -0.3 is 5.32 Å². The van der Waals surface area contributed by atoms with Gasteiger partial charge >= 0.3 is 0 Å². The molecular weight excluding hydrogens is 186 g/mol. The van der Waals surface area contributed by atoms with Crippen molar-refractivity contribution in [2.75, 3.05) is 13.1 Å². The van der Waals surface area contributed by atoms with E-state index in [1.165, 1.54) is 44.9 Å². The van der Waals surface area contributed by atoms with Crippen LogP contribution in [0.1, 0.15) is 51.4 Å². The number of rotatable bonds is 3. The summed E-state index contributed by atoms with van der Waals surface area (Å²) in [7, 11) is 0. The van der Waals surface area contributed by atoms with E-state index < -0.39 is 0 Å². The Morgan fingerprint density at radius 3 is 2.33 bits per heavy atom. The lowest BCUT2D eigenvalue weighted by atomic mass is 9.81. The van der Waals surface area contributed by atoms with Crippen LogP contribution in [0.25, 0.3) is 0 Å². The Hall–Kier alpha value is -0.370. The zero-order valence-corrected chi connectivity index (χ0v) is 9.63. The second-order valence-corrected chi connectivity index (χ2v) is 5.20. The molecule has 0 radical (unpaired) electrons. The molecule has 0 unspecified atom stereocenters. The van der Waals surface area contributed by atoms with Gasteiger partial charge in [0.15, 0.2) is 0 Å². The second kappa shape index (κ2) is 5.64. The van der Waals surface area contributed by atoms with E-state index in [1.807, 2.05) is 0 Å². The smallest absolute Gasteiger partial charge is 0.136 e. The summed E-state index contributed by atoms with van der Waals surface area (Å²) < 4.78 is 0. The van der Waals surface area contributed by atoms with Crippen LogP contribution in [-0.4, -0.2) is 18.9 Å². The molecule has 2 fully saturated rings. The fraction of sp³-hybridized carbons (Fsp3) is 0.923. The van der Waals surface area contributed by atoms with Gasteiger partial charge in [-0.2, -0.15) is 0 Å². The third-order valence-corrected chi connectivity index (χ3v) is 4.01. The Bertz CT molecular complexity index is 203. The highest BCUT2D eigenvalue weighted by Gasteiger charge is 2.24. The van der Waals surface area contributed by atoms with Crippen LogP contribution in [0.4, 0.5) is 0 Å². The monoisotopic (exact) mass is 209 g/mol. The van der Waals surface area contributed by atoms with Crippen molar-refractivity contribution in [3.05, 3.63) is 0 Å². The zero-order valence-electron chi connectivity index (χ0n) is 9.63. The molecule has 2 rings (SSSR count). The molecule has 2 heteroatoms. The number of carbonyl (C=O) groups excluding carboxylic acids is 1. The van der Waals surface area contributed by atoms with Crippen molar-refractivity contribution < 1.29 is 4.79 Å². The Morgan fingerprint density at radius 1 is 1.00 bits per heavy atom. The summed E-state index contributed by atoms with van der Waals surface area (Å²) in [6.07, 6.45) is 9.53. The lowest BCUT2D eigenvalue weighted by Crippen LogP contribution is -2.30. The third-order valence-electron chi connectivity index (χ3n) is 4.01. The Labute approximate surface area is 92.8 Å². The number of ketones is 1. The molecular formula is C13H23NO. The largest absolute Gasteiger partial charge is 0.317 e. The number of Topliss-reactive ketones (excluding diaryl/α,β-unsaturated/α-hetero) is 1. The first kappa shape index (κ1) is 11.1. The minimum absolute atomic E-state index is 0.425. The molecule has 1 aliphatic carbocycles. The van der Waals surface area contributed by atoms with Crippen molar-refractivity contribution in [1.82, 2.24) is 5.32 Å². The Kier molecular flexibility index (Phi) is 4.18. The first-order valence-electron chi connectivity index (χ1n) is 6.59. The number of piperidine rings is 1. The lowest BCUT2D eigenvalue weighted by molar-refractivity contribution is -0.124. The highest BCUT2D eigenvalue weighted by Crippen LogP contribution is 2.28. The molecule has 0 bridgehead atoms. The molecule has 1 saturated heterocycles. The van der Waals surface area contributed by atoms with Crippen LogP contribution >= 0.6 is 0 Å². The average molecular weight is 209 g/mol. The van der Waals surface area contributed by atoms with Crippen LogP contribution in [0.3, 0.4) is 0 Å². The standard InChI is InChI=1S/C13H23NO/c15-13(12-4-2-1-3-5-12)10-11-6-8-14-9-7-11/h11-12,14H,1-10H2. The molecule has 0 aromatic rings. The fourth-order valence-electron chi connectivity index (χ4n) is 2.96. The van der Waals surface area contributed by atoms with Gasteiger partial charge in [0.2, 0.25) is 0 Å². The summed E-state index contributed by atoms with van der Waals surface area (Å²) in [6.45, 7) is 2.23. The molecule has 0 aromatic heterocycles. The molecule has 2 aliphatic rings. The van der Waals surface area contributed by atoms with Gasteiger partial charge in [-0.1, -0.05) is 19.3 Å². The first-order chi connectivity index (χ1) is 7.36. The maximum atomic E-state index is 12.0. The van der Waals surface area contributed by atoms with E-state index in [9.17, 15) is 4.79 Å². The van der Waals surface area contributed by atoms with E-state index in [1.54, 1.807) is 0 Å². The van der Waals surface area contributed by atoms with Gasteiger partial charge in [0.1, 0.15) is 5.78 Å². The predicted molar refractivity (Wildman–Crippen MR) is 61.8 cm³/mol. The number of carbonyl (C=O) groups is 1. The summed E-state index contributed by atoms with van der Waals surface area (Å²) in [6, 6.07) is 0. The molecule has 15 heavy (non-hydrogen) atoms. The van der Waals surface area contributed by atoms with E-state index in [0.29, 0.717) is 17.6 Å². The van der Waals surface area contributed by atoms with Crippen molar-refractivity contribution in [1.29, 1.82) is 0 Å². The van der Waals surface area contributed by atoms with E-state index in [0.717, 1.165) is 19.5 Å².